The van der Waals surface area contributed by atoms with E-state index in [4.69, 9.17) is 18.9 Å². The second-order valence-corrected chi connectivity index (χ2v) is 7.27. The predicted octanol–water partition coefficient (Wildman–Crippen LogP) is 0.263. The summed E-state index contributed by atoms with van der Waals surface area (Å²) in [6.07, 6.45) is -6.63. The molecule has 0 spiro atoms. The summed E-state index contributed by atoms with van der Waals surface area (Å²) in [5.41, 5.74) is -0.808. The molecule has 5 atom stereocenters. The quantitative estimate of drug-likeness (QED) is 0.166. The molecule has 1 aromatic rings. The SMILES string of the molecule is CC(=O)OC[C@H]1O[C@@H](OCCCNc2ccc([N+](=O)[O-])cc2[N+](=O)[O-])[C@H](O)[C@@H](O)[C@@H]1OC(C)=O. The third-order valence-electron chi connectivity index (χ3n) is 4.70. The van der Waals surface area contributed by atoms with E-state index in [-0.39, 0.29) is 31.9 Å². The molecule has 0 amide bonds. The number of aliphatic hydroxyl groups is 2. The van der Waals surface area contributed by atoms with E-state index in [1.165, 1.54) is 6.07 Å². The molecule has 15 heteroatoms. The Morgan fingerprint density at radius 2 is 1.82 bits per heavy atom. The first-order valence-electron chi connectivity index (χ1n) is 10.1. The van der Waals surface area contributed by atoms with Crippen molar-refractivity contribution in [2.45, 2.75) is 51.0 Å². The number of carbonyl (C=O) groups excluding carboxylic acids is 2. The lowest BCUT2D eigenvalue weighted by atomic mass is 9.99. The van der Waals surface area contributed by atoms with Gasteiger partial charge in [0.05, 0.1) is 22.5 Å². The molecule has 0 aliphatic carbocycles. The average Bonchev–Trinajstić information content (AvgIpc) is 2.76. The second kappa shape index (κ2) is 12.2. The maximum Gasteiger partial charge on any atom is 0.303 e. The summed E-state index contributed by atoms with van der Waals surface area (Å²) in [4.78, 5) is 42.9. The third kappa shape index (κ3) is 7.31. The zero-order valence-electron chi connectivity index (χ0n) is 18.3. The minimum absolute atomic E-state index is 0.0270. The summed E-state index contributed by atoms with van der Waals surface area (Å²) >= 11 is 0. The van der Waals surface area contributed by atoms with Gasteiger partial charge < -0.3 is 34.5 Å². The number of esters is 2. The highest BCUT2D eigenvalue weighted by atomic mass is 16.7. The monoisotopic (exact) mass is 487 g/mol. The van der Waals surface area contributed by atoms with Crippen LogP contribution in [0.5, 0.6) is 0 Å². The van der Waals surface area contributed by atoms with E-state index in [0.29, 0.717) is 0 Å². The van der Waals surface area contributed by atoms with Gasteiger partial charge in [-0.1, -0.05) is 0 Å². The number of rotatable bonds is 11. The van der Waals surface area contributed by atoms with Gasteiger partial charge in [-0.15, -0.1) is 0 Å². The molecular formula is C19H25N3O12. The van der Waals surface area contributed by atoms with Crippen LogP contribution in [0.4, 0.5) is 17.1 Å². The summed E-state index contributed by atoms with van der Waals surface area (Å²) in [6, 6.07) is 3.19. The molecule has 0 saturated carbocycles. The first-order valence-corrected chi connectivity index (χ1v) is 10.1. The van der Waals surface area contributed by atoms with Crippen molar-refractivity contribution < 1.29 is 48.6 Å². The maximum atomic E-state index is 11.3. The molecule has 1 fully saturated rings. The molecule has 0 aromatic heterocycles. The van der Waals surface area contributed by atoms with E-state index in [1.54, 1.807) is 0 Å². The van der Waals surface area contributed by atoms with Crippen LogP contribution in [0, 0.1) is 20.2 Å². The van der Waals surface area contributed by atoms with Crippen molar-refractivity contribution in [1.82, 2.24) is 0 Å². The van der Waals surface area contributed by atoms with Gasteiger partial charge in [-0.25, -0.2) is 0 Å². The van der Waals surface area contributed by atoms with Crippen LogP contribution in [0.15, 0.2) is 18.2 Å². The van der Waals surface area contributed by atoms with Gasteiger partial charge in [-0.3, -0.25) is 29.8 Å². The first-order chi connectivity index (χ1) is 16.0. The summed E-state index contributed by atoms with van der Waals surface area (Å²) < 4.78 is 20.8. The van der Waals surface area contributed by atoms with Gasteiger partial charge >= 0.3 is 11.9 Å². The minimum atomic E-state index is -1.58. The Labute approximate surface area is 192 Å². The lowest BCUT2D eigenvalue weighted by Crippen LogP contribution is -2.60. The standard InChI is InChI=1S/C19H25N3O12/c1-10(23)32-9-15-18(33-11(2)24)16(25)17(26)19(34-15)31-7-3-6-20-13-5-4-12(21(27)28)8-14(13)22(29)30/h4-5,8,15-20,25-26H,3,6-7,9H2,1-2H3/t15-,16-,17-,18-,19-/m1/s1. The number of benzene rings is 1. The Morgan fingerprint density at radius 3 is 2.41 bits per heavy atom. The highest BCUT2D eigenvalue weighted by Crippen LogP contribution is 2.29. The van der Waals surface area contributed by atoms with Crippen LogP contribution in [0.25, 0.3) is 0 Å². The maximum absolute atomic E-state index is 11.3. The van der Waals surface area contributed by atoms with E-state index < -0.39 is 63.9 Å². The number of ether oxygens (including phenoxy) is 4. The Kier molecular flexibility index (Phi) is 9.61. The number of nitrogens with zero attached hydrogens (tertiary/aromatic N) is 2. The van der Waals surface area contributed by atoms with Gasteiger partial charge in [-0.2, -0.15) is 0 Å². The molecule has 1 aliphatic heterocycles. The number of nitrogens with one attached hydrogen (secondary N) is 1. The number of hydrogen-bond donors (Lipinski definition) is 3. The van der Waals surface area contributed by atoms with Crippen molar-refractivity contribution in [2.75, 3.05) is 25.1 Å². The lowest BCUT2D eigenvalue weighted by Gasteiger charge is -2.41. The van der Waals surface area contributed by atoms with Gasteiger partial charge in [0.2, 0.25) is 0 Å². The van der Waals surface area contributed by atoms with Gasteiger partial charge in [-0.05, 0) is 12.5 Å². The number of hydrogen-bond acceptors (Lipinski definition) is 13. The molecule has 0 unspecified atom stereocenters. The molecule has 15 nitrogen and oxygen atoms in total. The van der Waals surface area contributed by atoms with E-state index in [1.807, 2.05) is 0 Å². The Bertz CT molecular complexity index is 911. The molecule has 2 rings (SSSR count). The minimum Gasteiger partial charge on any atom is -0.463 e. The fourth-order valence-electron chi connectivity index (χ4n) is 3.14. The third-order valence-corrected chi connectivity index (χ3v) is 4.70. The van der Waals surface area contributed by atoms with Crippen molar-refractivity contribution in [3.05, 3.63) is 38.4 Å². The van der Waals surface area contributed by atoms with Crippen LogP contribution in [-0.2, 0) is 28.5 Å². The number of carbonyl (C=O) groups is 2. The van der Waals surface area contributed by atoms with Crippen molar-refractivity contribution >= 4 is 29.0 Å². The van der Waals surface area contributed by atoms with Crippen LogP contribution < -0.4 is 5.32 Å². The fraction of sp³-hybridized carbons (Fsp3) is 0.579. The van der Waals surface area contributed by atoms with Crippen LogP contribution >= 0.6 is 0 Å². The number of aliphatic hydroxyl groups excluding tert-OH is 2. The summed E-state index contributed by atoms with van der Waals surface area (Å²) in [5.74, 6) is -1.37. The van der Waals surface area contributed by atoms with Gasteiger partial charge in [0.15, 0.2) is 12.4 Å². The molecule has 34 heavy (non-hydrogen) atoms. The highest BCUT2D eigenvalue weighted by molar-refractivity contribution is 5.67. The smallest absolute Gasteiger partial charge is 0.303 e. The summed E-state index contributed by atoms with van der Waals surface area (Å²) in [5, 5.41) is 45.4. The van der Waals surface area contributed by atoms with Crippen molar-refractivity contribution in [1.29, 1.82) is 0 Å². The predicted molar refractivity (Wildman–Crippen MR) is 112 cm³/mol. The molecule has 1 saturated heterocycles. The topological polar surface area (TPSA) is 210 Å². The van der Waals surface area contributed by atoms with Crippen molar-refractivity contribution in [3.63, 3.8) is 0 Å². The Balaban J connectivity index is 1.92. The van der Waals surface area contributed by atoms with Gasteiger partial charge in [0.25, 0.3) is 11.4 Å². The number of nitro groups is 2. The van der Waals surface area contributed by atoms with E-state index in [0.717, 1.165) is 26.0 Å². The molecule has 3 N–H and O–H groups in total. The molecule has 1 aliphatic rings. The van der Waals surface area contributed by atoms with E-state index >= 15 is 0 Å². The Morgan fingerprint density at radius 1 is 1.12 bits per heavy atom. The lowest BCUT2D eigenvalue weighted by molar-refractivity contribution is -0.393. The molecule has 188 valence electrons. The molecule has 0 bridgehead atoms. The zero-order valence-corrected chi connectivity index (χ0v) is 18.3. The molecule has 0 radical (unpaired) electrons. The van der Waals surface area contributed by atoms with Crippen LogP contribution in [0.3, 0.4) is 0 Å². The normalized spacial score (nSPS) is 24.2. The fourth-order valence-corrected chi connectivity index (χ4v) is 3.14. The number of nitro benzene ring substituents is 2. The van der Waals surface area contributed by atoms with Crippen LogP contribution in [0.1, 0.15) is 20.3 Å². The average molecular weight is 487 g/mol. The van der Waals surface area contributed by atoms with Crippen LogP contribution in [-0.4, -0.2) is 82.5 Å². The Hall–Kier alpha value is -3.40. The largest absolute Gasteiger partial charge is 0.463 e. The van der Waals surface area contributed by atoms with Crippen molar-refractivity contribution in [3.8, 4) is 0 Å². The van der Waals surface area contributed by atoms with Gasteiger partial charge in [0, 0.05) is 26.5 Å². The highest BCUT2D eigenvalue weighted by Gasteiger charge is 2.47. The van der Waals surface area contributed by atoms with Crippen molar-refractivity contribution in [2.24, 2.45) is 0 Å². The zero-order chi connectivity index (χ0) is 25.4. The second-order valence-electron chi connectivity index (χ2n) is 7.27. The molecule has 1 heterocycles. The summed E-state index contributed by atoms with van der Waals surface area (Å²) in [6.45, 7) is 2.04. The van der Waals surface area contributed by atoms with Crippen LogP contribution in [0.2, 0.25) is 0 Å². The van der Waals surface area contributed by atoms with Gasteiger partial charge in [0.1, 0.15) is 30.6 Å². The number of anilines is 1. The molecular weight excluding hydrogens is 462 g/mol. The number of non-ortho nitro benzene ring substituents is 1. The summed E-state index contributed by atoms with van der Waals surface area (Å²) in [7, 11) is 0. The van der Waals surface area contributed by atoms with E-state index in [9.17, 15) is 40.0 Å². The first kappa shape index (κ1) is 26.8. The van der Waals surface area contributed by atoms with E-state index in [2.05, 4.69) is 5.32 Å². The molecule has 1 aromatic carbocycles.